The number of hydrogen-bond acceptors (Lipinski definition) is 3. The summed E-state index contributed by atoms with van der Waals surface area (Å²) in [6.07, 6.45) is 0.222. The van der Waals surface area contributed by atoms with Crippen LogP contribution in [0, 0.1) is 0 Å². The standard InChI is InChI=1S/C18H21ClN2O4/c1-18(2,3)25-17(24)20-7-6-14-13(9-20)12-5-4-11(19)8-15(12)21(14)10-16(22)23/h4-5,8H,6-7,9-10H2,1-3H3,(H,22,23). The average Bonchev–Trinajstić information content (AvgIpc) is 2.78. The molecule has 1 aromatic carbocycles. The van der Waals surface area contributed by atoms with Crippen molar-refractivity contribution in [3.8, 4) is 0 Å². The number of ether oxygens (including phenoxy) is 1. The molecule has 0 aliphatic carbocycles. The largest absolute Gasteiger partial charge is 0.480 e. The quantitative estimate of drug-likeness (QED) is 0.882. The van der Waals surface area contributed by atoms with Crippen LogP contribution in [0.5, 0.6) is 0 Å². The van der Waals surface area contributed by atoms with Gasteiger partial charge in [-0.15, -0.1) is 0 Å². The monoisotopic (exact) mass is 364 g/mol. The summed E-state index contributed by atoms with van der Waals surface area (Å²) >= 11 is 6.10. The van der Waals surface area contributed by atoms with E-state index in [9.17, 15) is 14.7 Å². The first-order valence-electron chi connectivity index (χ1n) is 8.15. The van der Waals surface area contributed by atoms with E-state index < -0.39 is 11.6 Å². The fourth-order valence-electron chi connectivity index (χ4n) is 3.22. The number of aromatic nitrogens is 1. The molecule has 2 heterocycles. The maximum absolute atomic E-state index is 12.4. The van der Waals surface area contributed by atoms with Crippen LogP contribution >= 0.6 is 11.6 Å². The van der Waals surface area contributed by atoms with E-state index in [-0.39, 0.29) is 12.6 Å². The third kappa shape index (κ3) is 3.58. The average molecular weight is 365 g/mol. The molecule has 3 rings (SSSR count). The van der Waals surface area contributed by atoms with Crippen molar-refractivity contribution < 1.29 is 19.4 Å². The van der Waals surface area contributed by atoms with Gasteiger partial charge in [-0.3, -0.25) is 4.79 Å². The molecule has 1 aromatic heterocycles. The molecule has 0 bridgehead atoms. The second-order valence-corrected chi connectivity index (χ2v) is 7.65. The molecule has 2 aromatic rings. The van der Waals surface area contributed by atoms with E-state index in [4.69, 9.17) is 16.3 Å². The third-order valence-corrected chi connectivity index (χ3v) is 4.40. The summed E-state index contributed by atoms with van der Waals surface area (Å²) in [4.78, 5) is 25.3. The van der Waals surface area contributed by atoms with Gasteiger partial charge in [0.15, 0.2) is 0 Å². The van der Waals surface area contributed by atoms with Crippen LogP contribution in [0.2, 0.25) is 5.02 Å². The second kappa shape index (κ2) is 6.26. The Hall–Kier alpha value is -2.21. The lowest BCUT2D eigenvalue weighted by molar-refractivity contribution is -0.137. The van der Waals surface area contributed by atoms with E-state index in [2.05, 4.69) is 0 Å². The van der Waals surface area contributed by atoms with Crippen LogP contribution < -0.4 is 0 Å². The van der Waals surface area contributed by atoms with Gasteiger partial charge >= 0.3 is 12.1 Å². The molecule has 0 saturated heterocycles. The van der Waals surface area contributed by atoms with Crippen LogP contribution in [0.4, 0.5) is 4.79 Å². The van der Waals surface area contributed by atoms with Crippen molar-refractivity contribution in [1.29, 1.82) is 0 Å². The van der Waals surface area contributed by atoms with Crippen molar-refractivity contribution in [2.24, 2.45) is 0 Å². The fourth-order valence-corrected chi connectivity index (χ4v) is 3.38. The Morgan fingerprint density at radius 1 is 1.32 bits per heavy atom. The minimum absolute atomic E-state index is 0.126. The number of hydrogen-bond donors (Lipinski definition) is 1. The molecule has 6 nitrogen and oxygen atoms in total. The highest BCUT2D eigenvalue weighted by Crippen LogP contribution is 2.33. The number of benzene rings is 1. The predicted molar refractivity (Wildman–Crippen MR) is 94.9 cm³/mol. The predicted octanol–water partition coefficient (Wildman–Crippen LogP) is 3.67. The summed E-state index contributed by atoms with van der Waals surface area (Å²) < 4.78 is 7.24. The zero-order chi connectivity index (χ0) is 18.4. The van der Waals surface area contributed by atoms with Gasteiger partial charge in [0.25, 0.3) is 0 Å². The number of nitrogens with zero attached hydrogens (tertiary/aromatic N) is 2. The molecule has 1 aliphatic heterocycles. The summed E-state index contributed by atoms with van der Waals surface area (Å²) in [5.41, 5.74) is 2.14. The van der Waals surface area contributed by atoms with E-state index in [1.165, 1.54) is 0 Å². The van der Waals surface area contributed by atoms with Crippen molar-refractivity contribution in [2.45, 2.75) is 45.9 Å². The zero-order valence-electron chi connectivity index (χ0n) is 14.5. The van der Waals surface area contributed by atoms with Gasteiger partial charge in [0.1, 0.15) is 12.1 Å². The Morgan fingerprint density at radius 3 is 2.68 bits per heavy atom. The van der Waals surface area contributed by atoms with Gasteiger partial charge in [0, 0.05) is 34.6 Å². The Kier molecular flexibility index (Phi) is 4.41. The van der Waals surface area contributed by atoms with E-state index in [1.54, 1.807) is 21.6 Å². The van der Waals surface area contributed by atoms with Gasteiger partial charge < -0.3 is 19.3 Å². The third-order valence-electron chi connectivity index (χ3n) is 4.16. The Balaban J connectivity index is 2.01. The molecule has 0 atom stereocenters. The van der Waals surface area contributed by atoms with Crippen LogP contribution in [-0.4, -0.2) is 38.8 Å². The van der Waals surface area contributed by atoms with Crippen LogP contribution in [0.15, 0.2) is 18.2 Å². The second-order valence-electron chi connectivity index (χ2n) is 7.22. The Labute approximate surface area is 150 Å². The van der Waals surface area contributed by atoms with Crippen molar-refractivity contribution in [3.63, 3.8) is 0 Å². The van der Waals surface area contributed by atoms with Gasteiger partial charge in [0.2, 0.25) is 0 Å². The van der Waals surface area contributed by atoms with Crippen LogP contribution in [0.3, 0.4) is 0 Å². The first-order valence-corrected chi connectivity index (χ1v) is 8.53. The molecule has 7 heteroatoms. The van der Waals surface area contributed by atoms with Gasteiger partial charge in [-0.2, -0.15) is 0 Å². The van der Waals surface area contributed by atoms with E-state index in [0.717, 1.165) is 22.2 Å². The van der Waals surface area contributed by atoms with Gasteiger partial charge in [-0.05, 0) is 32.9 Å². The number of halogens is 1. The Bertz CT molecular complexity index is 851. The Morgan fingerprint density at radius 2 is 2.04 bits per heavy atom. The number of aliphatic carboxylic acids is 1. The number of carboxylic acid groups (broad SMARTS) is 1. The minimum Gasteiger partial charge on any atom is -0.480 e. The summed E-state index contributed by atoms with van der Waals surface area (Å²) in [6.45, 7) is 6.27. The molecule has 0 spiro atoms. The van der Waals surface area contributed by atoms with Crippen molar-refractivity contribution in [2.75, 3.05) is 6.54 Å². The number of carbonyl (C=O) groups is 2. The van der Waals surface area contributed by atoms with Crippen molar-refractivity contribution in [3.05, 3.63) is 34.5 Å². The highest BCUT2D eigenvalue weighted by atomic mass is 35.5. The van der Waals surface area contributed by atoms with E-state index >= 15 is 0 Å². The lowest BCUT2D eigenvalue weighted by Crippen LogP contribution is -2.40. The highest BCUT2D eigenvalue weighted by molar-refractivity contribution is 6.31. The topological polar surface area (TPSA) is 71.8 Å². The lowest BCUT2D eigenvalue weighted by Gasteiger charge is -2.30. The van der Waals surface area contributed by atoms with Crippen LogP contribution in [0.1, 0.15) is 32.0 Å². The molecule has 0 fully saturated rings. The minimum atomic E-state index is -0.908. The lowest BCUT2D eigenvalue weighted by atomic mass is 10.0. The van der Waals surface area contributed by atoms with Crippen molar-refractivity contribution in [1.82, 2.24) is 9.47 Å². The summed E-state index contributed by atoms with van der Waals surface area (Å²) in [7, 11) is 0. The van der Waals surface area contributed by atoms with E-state index in [0.29, 0.717) is 24.5 Å². The van der Waals surface area contributed by atoms with Gasteiger partial charge in [-0.1, -0.05) is 17.7 Å². The fraction of sp³-hybridized carbons (Fsp3) is 0.444. The number of fused-ring (bicyclic) bond motifs is 3. The summed E-state index contributed by atoms with van der Waals surface area (Å²) in [5, 5.41) is 10.7. The normalized spacial score (nSPS) is 14.5. The van der Waals surface area contributed by atoms with E-state index in [1.807, 2.05) is 26.8 Å². The number of carbonyl (C=O) groups excluding carboxylic acids is 1. The van der Waals surface area contributed by atoms with Crippen molar-refractivity contribution >= 4 is 34.6 Å². The molecule has 0 unspecified atom stereocenters. The smallest absolute Gasteiger partial charge is 0.410 e. The summed E-state index contributed by atoms with van der Waals surface area (Å²) in [6, 6.07) is 5.44. The SMILES string of the molecule is CC(C)(C)OC(=O)N1CCc2c(c3ccc(Cl)cc3n2CC(=O)O)C1. The van der Waals surface area contributed by atoms with Gasteiger partial charge in [-0.25, -0.2) is 4.79 Å². The molecule has 1 N–H and O–H groups in total. The maximum Gasteiger partial charge on any atom is 0.410 e. The van der Waals surface area contributed by atoms with Gasteiger partial charge in [0.05, 0.1) is 12.1 Å². The molecule has 25 heavy (non-hydrogen) atoms. The first kappa shape index (κ1) is 17.6. The molecule has 134 valence electrons. The molecule has 1 amide bonds. The molecule has 0 radical (unpaired) electrons. The van der Waals surface area contributed by atoms with Crippen LogP contribution in [0.25, 0.3) is 10.9 Å². The molecular weight excluding hydrogens is 344 g/mol. The maximum atomic E-state index is 12.4. The zero-order valence-corrected chi connectivity index (χ0v) is 15.3. The van der Waals surface area contributed by atoms with Crippen LogP contribution in [-0.2, 0) is 29.0 Å². The number of rotatable bonds is 2. The molecule has 1 aliphatic rings. The summed E-state index contributed by atoms with van der Waals surface area (Å²) in [5.74, 6) is -0.908. The number of amides is 1. The molecular formula is C18H21ClN2O4. The highest BCUT2D eigenvalue weighted by Gasteiger charge is 2.29. The number of carboxylic acids is 1. The first-order chi connectivity index (χ1) is 11.7. The molecule has 0 saturated carbocycles.